The number of hydrogen-bond acceptors (Lipinski definition) is 4. The number of carbonyl (C=O) groups excluding carboxylic acids is 1. The Hall–Kier alpha value is -2.63. The van der Waals surface area contributed by atoms with E-state index in [1.54, 1.807) is 4.90 Å². The first kappa shape index (κ1) is 14.8. The van der Waals surface area contributed by atoms with Gasteiger partial charge >= 0.3 is 0 Å². The number of nitrogen functional groups attached to an aromatic ring is 1. The Morgan fingerprint density at radius 3 is 2.67 bits per heavy atom. The minimum Gasteiger partial charge on any atom is -0.398 e. The highest BCUT2D eigenvalue weighted by Gasteiger charge is 2.17. The predicted molar refractivity (Wildman–Crippen MR) is 80.7 cm³/mol. The van der Waals surface area contributed by atoms with Crippen molar-refractivity contribution in [1.82, 2.24) is 15.1 Å². The summed E-state index contributed by atoms with van der Waals surface area (Å²) in [7, 11) is 0. The summed E-state index contributed by atoms with van der Waals surface area (Å²) in [5.74, 6) is -0.226. The Balaban J connectivity index is 2.22. The zero-order chi connectivity index (χ0) is 15.2. The summed E-state index contributed by atoms with van der Waals surface area (Å²) in [6.45, 7) is 3.00. The highest BCUT2D eigenvalue weighted by Crippen LogP contribution is 2.15. The second-order valence-corrected chi connectivity index (χ2v) is 4.73. The van der Waals surface area contributed by atoms with Crippen molar-refractivity contribution in [1.29, 1.82) is 0 Å². The normalized spacial score (nSPS) is 10.3. The topological polar surface area (TPSA) is 92.1 Å². The van der Waals surface area contributed by atoms with Crippen LogP contribution in [0, 0.1) is 0 Å². The number of H-pyrrole nitrogens is 1. The zero-order valence-corrected chi connectivity index (χ0v) is 11.9. The van der Waals surface area contributed by atoms with Crippen LogP contribution in [0.4, 0.5) is 5.69 Å². The molecule has 0 spiro atoms. The van der Waals surface area contributed by atoms with E-state index in [9.17, 15) is 9.59 Å². The van der Waals surface area contributed by atoms with Crippen molar-refractivity contribution in [2.75, 3.05) is 12.3 Å². The van der Waals surface area contributed by atoms with Crippen molar-refractivity contribution in [3.8, 4) is 0 Å². The first-order valence-corrected chi connectivity index (χ1v) is 6.80. The molecule has 6 nitrogen and oxygen atoms in total. The first-order chi connectivity index (χ1) is 10.1. The number of nitrogens with one attached hydrogen (secondary N) is 1. The van der Waals surface area contributed by atoms with Gasteiger partial charge in [0.15, 0.2) is 0 Å². The molecular weight excluding hydrogens is 268 g/mol. The molecule has 110 valence electrons. The van der Waals surface area contributed by atoms with Crippen molar-refractivity contribution in [2.24, 2.45) is 0 Å². The molecule has 2 rings (SSSR count). The van der Waals surface area contributed by atoms with Gasteiger partial charge in [0.2, 0.25) is 0 Å². The first-order valence-electron chi connectivity index (χ1n) is 6.80. The summed E-state index contributed by atoms with van der Waals surface area (Å²) < 4.78 is 0. The summed E-state index contributed by atoms with van der Waals surface area (Å²) in [6.07, 6.45) is 0.821. The number of carbonyl (C=O) groups is 1. The quantitative estimate of drug-likeness (QED) is 0.813. The van der Waals surface area contributed by atoms with Crippen LogP contribution >= 0.6 is 0 Å². The predicted octanol–water partition coefficient (Wildman–Crippen LogP) is 1.40. The molecule has 0 unspecified atom stereocenters. The highest BCUT2D eigenvalue weighted by molar-refractivity contribution is 5.92. The summed E-state index contributed by atoms with van der Waals surface area (Å²) in [5.41, 5.74) is 7.36. The largest absolute Gasteiger partial charge is 0.398 e. The Kier molecular flexibility index (Phi) is 4.71. The zero-order valence-electron chi connectivity index (χ0n) is 11.9. The van der Waals surface area contributed by atoms with Gasteiger partial charge in [-0.3, -0.25) is 9.59 Å². The molecule has 0 fully saturated rings. The molecule has 1 amide bonds. The number of aromatic nitrogens is 2. The van der Waals surface area contributed by atoms with E-state index in [1.807, 2.05) is 31.2 Å². The smallest absolute Gasteiger partial charge is 0.274 e. The molecule has 0 saturated carbocycles. The third-order valence-electron chi connectivity index (χ3n) is 3.10. The number of nitrogens with zero attached hydrogens (tertiary/aromatic N) is 2. The van der Waals surface area contributed by atoms with E-state index in [0.29, 0.717) is 18.8 Å². The van der Waals surface area contributed by atoms with Crippen LogP contribution in [0.25, 0.3) is 0 Å². The van der Waals surface area contributed by atoms with Gasteiger partial charge in [-0.15, -0.1) is 0 Å². The second-order valence-electron chi connectivity index (χ2n) is 4.73. The molecule has 0 saturated heterocycles. The Morgan fingerprint density at radius 1 is 1.29 bits per heavy atom. The minimum atomic E-state index is -0.333. The highest BCUT2D eigenvalue weighted by atomic mass is 16.2. The van der Waals surface area contributed by atoms with Crippen molar-refractivity contribution in [2.45, 2.75) is 19.9 Å². The maximum atomic E-state index is 12.5. The monoisotopic (exact) mass is 286 g/mol. The number of aromatic amines is 1. The summed E-state index contributed by atoms with van der Waals surface area (Å²) in [4.78, 5) is 25.2. The van der Waals surface area contributed by atoms with E-state index in [2.05, 4.69) is 10.2 Å². The van der Waals surface area contributed by atoms with Crippen LogP contribution in [0.15, 0.2) is 41.2 Å². The fourth-order valence-corrected chi connectivity index (χ4v) is 2.03. The van der Waals surface area contributed by atoms with Gasteiger partial charge < -0.3 is 10.6 Å². The molecular formula is C15H18N4O2. The van der Waals surface area contributed by atoms with Gasteiger partial charge in [-0.05, 0) is 24.1 Å². The lowest BCUT2D eigenvalue weighted by molar-refractivity contribution is 0.0736. The fourth-order valence-electron chi connectivity index (χ4n) is 2.03. The lowest BCUT2D eigenvalue weighted by Gasteiger charge is -2.22. The SMILES string of the molecule is CCCN(Cc1ccccc1N)C(=O)c1ccc(=O)[nH]n1. The van der Waals surface area contributed by atoms with Crippen LogP contribution in [0.2, 0.25) is 0 Å². The molecule has 6 heteroatoms. The van der Waals surface area contributed by atoms with Crippen LogP contribution in [0.1, 0.15) is 29.4 Å². The van der Waals surface area contributed by atoms with Crippen molar-refractivity contribution < 1.29 is 4.79 Å². The standard InChI is InChI=1S/C15H18N4O2/c1-2-9-19(10-11-5-3-4-6-12(11)16)15(21)13-7-8-14(20)18-17-13/h3-8H,2,9-10,16H2,1H3,(H,18,20). The number of hydrogen-bond donors (Lipinski definition) is 2. The molecule has 0 aliphatic carbocycles. The van der Waals surface area contributed by atoms with Crippen LogP contribution in [0.5, 0.6) is 0 Å². The van der Waals surface area contributed by atoms with Crippen LogP contribution in [-0.2, 0) is 6.54 Å². The third kappa shape index (κ3) is 3.68. The van der Waals surface area contributed by atoms with Gasteiger partial charge in [0.25, 0.3) is 11.5 Å². The van der Waals surface area contributed by atoms with Gasteiger partial charge in [0.05, 0.1) is 0 Å². The number of rotatable bonds is 5. The van der Waals surface area contributed by atoms with Crippen molar-refractivity contribution in [3.63, 3.8) is 0 Å². The third-order valence-corrected chi connectivity index (χ3v) is 3.10. The van der Waals surface area contributed by atoms with E-state index in [0.717, 1.165) is 12.0 Å². The molecule has 1 heterocycles. The van der Waals surface area contributed by atoms with Gasteiger partial charge in [0, 0.05) is 24.8 Å². The van der Waals surface area contributed by atoms with Gasteiger partial charge in [-0.25, -0.2) is 5.10 Å². The Morgan fingerprint density at radius 2 is 2.05 bits per heavy atom. The van der Waals surface area contributed by atoms with Crippen molar-refractivity contribution >= 4 is 11.6 Å². The molecule has 21 heavy (non-hydrogen) atoms. The van der Waals surface area contributed by atoms with E-state index >= 15 is 0 Å². The van der Waals surface area contributed by atoms with Crippen molar-refractivity contribution in [3.05, 3.63) is 58.0 Å². The molecule has 0 aliphatic heterocycles. The Bertz CT molecular complexity index is 661. The number of para-hydroxylation sites is 1. The average Bonchev–Trinajstić information content (AvgIpc) is 2.49. The summed E-state index contributed by atoms with van der Waals surface area (Å²) in [6, 6.07) is 10.2. The maximum absolute atomic E-state index is 12.5. The minimum absolute atomic E-state index is 0.220. The van der Waals surface area contributed by atoms with Gasteiger partial charge in [0.1, 0.15) is 5.69 Å². The molecule has 0 aliphatic rings. The van der Waals surface area contributed by atoms with Crippen LogP contribution in [-0.4, -0.2) is 27.5 Å². The molecule has 0 atom stereocenters. The molecule has 3 N–H and O–H groups in total. The molecule has 2 aromatic rings. The number of amides is 1. The van der Waals surface area contributed by atoms with Crippen LogP contribution in [0.3, 0.4) is 0 Å². The molecule has 0 radical (unpaired) electrons. The lowest BCUT2D eigenvalue weighted by atomic mass is 10.1. The van der Waals surface area contributed by atoms with E-state index in [1.165, 1.54) is 12.1 Å². The van der Waals surface area contributed by atoms with Gasteiger partial charge in [-0.1, -0.05) is 25.1 Å². The average molecular weight is 286 g/mol. The number of anilines is 1. The summed E-state index contributed by atoms with van der Waals surface area (Å²) in [5, 5.41) is 6.06. The molecule has 0 bridgehead atoms. The van der Waals surface area contributed by atoms with E-state index in [4.69, 9.17) is 5.73 Å². The van der Waals surface area contributed by atoms with E-state index in [-0.39, 0.29) is 17.2 Å². The summed E-state index contributed by atoms with van der Waals surface area (Å²) >= 11 is 0. The fraction of sp³-hybridized carbons (Fsp3) is 0.267. The second kappa shape index (κ2) is 6.69. The van der Waals surface area contributed by atoms with E-state index < -0.39 is 0 Å². The lowest BCUT2D eigenvalue weighted by Crippen LogP contribution is -2.32. The molecule has 1 aromatic carbocycles. The molecule has 1 aromatic heterocycles. The number of benzene rings is 1. The van der Waals surface area contributed by atoms with Gasteiger partial charge in [-0.2, -0.15) is 5.10 Å². The number of nitrogens with two attached hydrogens (primary N) is 1. The van der Waals surface area contributed by atoms with Crippen LogP contribution < -0.4 is 11.3 Å². The Labute approximate surface area is 122 Å². The maximum Gasteiger partial charge on any atom is 0.274 e.